The number of benzene rings is 2. The average Bonchev–Trinajstić information content (AvgIpc) is 2.60. The van der Waals surface area contributed by atoms with Crippen LogP contribution in [0.3, 0.4) is 0 Å². The Labute approximate surface area is 152 Å². The van der Waals surface area contributed by atoms with E-state index in [1.165, 1.54) is 24.3 Å². The van der Waals surface area contributed by atoms with Gasteiger partial charge in [0.05, 0.1) is 23.3 Å². The van der Waals surface area contributed by atoms with Gasteiger partial charge >= 0.3 is 12.1 Å². The molecule has 2 aromatic carbocycles. The SMILES string of the molecule is COC(=O)[C@@H](Cc1ccc(C(F)(F)F)cc1)NC(=O)c1ccccc1Cl. The molecule has 1 amide bonds. The van der Waals surface area contributed by atoms with Gasteiger partial charge in [-0.15, -0.1) is 0 Å². The predicted octanol–water partition coefficient (Wildman–Crippen LogP) is 3.87. The number of halogens is 4. The molecule has 0 radical (unpaired) electrons. The number of ether oxygens (including phenoxy) is 1. The molecule has 0 saturated carbocycles. The topological polar surface area (TPSA) is 55.4 Å². The number of esters is 1. The van der Waals surface area contributed by atoms with Gasteiger partial charge < -0.3 is 10.1 Å². The Morgan fingerprint density at radius 2 is 1.73 bits per heavy atom. The Balaban J connectivity index is 2.16. The van der Waals surface area contributed by atoms with E-state index >= 15 is 0 Å². The molecule has 0 spiro atoms. The van der Waals surface area contributed by atoms with E-state index < -0.39 is 29.7 Å². The summed E-state index contributed by atoms with van der Waals surface area (Å²) in [5.74, 6) is -1.30. The standard InChI is InChI=1S/C18H15ClF3NO3/c1-26-17(25)15(23-16(24)13-4-2-3-5-14(13)19)10-11-6-8-12(9-7-11)18(20,21)22/h2-9,15H,10H2,1H3,(H,23,24)/t15-/m1/s1. The van der Waals surface area contributed by atoms with Crippen LogP contribution in [0.15, 0.2) is 48.5 Å². The van der Waals surface area contributed by atoms with Crippen molar-refractivity contribution in [3.8, 4) is 0 Å². The first-order valence-corrected chi connectivity index (χ1v) is 7.89. The van der Waals surface area contributed by atoms with Crippen molar-refractivity contribution in [1.82, 2.24) is 5.32 Å². The fourth-order valence-electron chi connectivity index (χ4n) is 2.28. The average molecular weight is 386 g/mol. The van der Waals surface area contributed by atoms with E-state index in [2.05, 4.69) is 10.1 Å². The summed E-state index contributed by atoms with van der Waals surface area (Å²) in [5.41, 5.74) is -0.181. The molecule has 0 aliphatic rings. The molecule has 0 aromatic heterocycles. The number of amides is 1. The predicted molar refractivity (Wildman–Crippen MR) is 89.9 cm³/mol. The van der Waals surface area contributed by atoms with Crippen LogP contribution in [0.2, 0.25) is 5.02 Å². The Hall–Kier alpha value is -2.54. The zero-order chi connectivity index (χ0) is 19.3. The van der Waals surface area contributed by atoms with Gasteiger partial charge in [-0.05, 0) is 29.8 Å². The van der Waals surface area contributed by atoms with E-state index in [9.17, 15) is 22.8 Å². The van der Waals surface area contributed by atoms with E-state index in [4.69, 9.17) is 11.6 Å². The second kappa shape index (κ2) is 8.23. The Morgan fingerprint density at radius 1 is 1.12 bits per heavy atom. The highest BCUT2D eigenvalue weighted by atomic mass is 35.5. The number of methoxy groups -OCH3 is 1. The normalized spacial score (nSPS) is 12.3. The van der Waals surface area contributed by atoms with E-state index in [0.29, 0.717) is 5.56 Å². The maximum Gasteiger partial charge on any atom is 0.416 e. The van der Waals surface area contributed by atoms with Crippen LogP contribution in [0.25, 0.3) is 0 Å². The molecule has 8 heteroatoms. The zero-order valence-corrected chi connectivity index (χ0v) is 14.4. The first-order chi connectivity index (χ1) is 12.2. The Morgan fingerprint density at radius 3 is 2.27 bits per heavy atom. The lowest BCUT2D eigenvalue weighted by Gasteiger charge is -2.17. The molecule has 26 heavy (non-hydrogen) atoms. The number of carbonyl (C=O) groups excluding carboxylic acids is 2. The molecule has 4 nitrogen and oxygen atoms in total. The maximum atomic E-state index is 12.6. The van der Waals surface area contributed by atoms with E-state index in [1.807, 2.05) is 0 Å². The van der Waals surface area contributed by atoms with Crippen molar-refractivity contribution >= 4 is 23.5 Å². The zero-order valence-electron chi connectivity index (χ0n) is 13.6. The third-order valence-corrected chi connectivity index (χ3v) is 3.96. The summed E-state index contributed by atoms with van der Waals surface area (Å²) in [5, 5.41) is 2.71. The lowest BCUT2D eigenvalue weighted by atomic mass is 10.0. The molecule has 138 valence electrons. The molecule has 0 saturated heterocycles. The highest BCUT2D eigenvalue weighted by Crippen LogP contribution is 2.29. The number of nitrogens with one attached hydrogen (secondary N) is 1. The highest BCUT2D eigenvalue weighted by Gasteiger charge is 2.30. The van der Waals surface area contributed by atoms with E-state index in [0.717, 1.165) is 19.2 Å². The minimum atomic E-state index is -4.45. The number of carbonyl (C=O) groups is 2. The van der Waals surface area contributed by atoms with Crippen molar-refractivity contribution in [2.75, 3.05) is 7.11 Å². The van der Waals surface area contributed by atoms with Crippen LogP contribution in [-0.2, 0) is 22.1 Å². The second-order valence-electron chi connectivity index (χ2n) is 5.43. The maximum absolute atomic E-state index is 12.6. The lowest BCUT2D eigenvalue weighted by molar-refractivity contribution is -0.143. The van der Waals surface area contributed by atoms with Crippen molar-refractivity contribution in [3.63, 3.8) is 0 Å². The second-order valence-corrected chi connectivity index (χ2v) is 5.84. The van der Waals surface area contributed by atoms with Crippen molar-refractivity contribution in [2.24, 2.45) is 0 Å². The van der Waals surface area contributed by atoms with Crippen LogP contribution in [0.1, 0.15) is 21.5 Å². The summed E-state index contributed by atoms with van der Waals surface area (Å²) in [4.78, 5) is 24.3. The highest BCUT2D eigenvalue weighted by molar-refractivity contribution is 6.33. The summed E-state index contributed by atoms with van der Waals surface area (Å²) < 4.78 is 42.5. The van der Waals surface area contributed by atoms with E-state index in [1.54, 1.807) is 12.1 Å². The molecular weight excluding hydrogens is 371 g/mol. The number of rotatable bonds is 5. The molecule has 0 bridgehead atoms. The molecule has 0 aliphatic heterocycles. The van der Waals surface area contributed by atoms with Gasteiger partial charge in [0.1, 0.15) is 6.04 Å². The fourth-order valence-corrected chi connectivity index (χ4v) is 2.50. The molecule has 0 unspecified atom stereocenters. The molecule has 0 fully saturated rings. The van der Waals surface area contributed by atoms with Gasteiger partial charge in [0.25, 0.3) is 5.91 Å². The summed E-state index contributed by atoms with van der Waals surface area (Å²) in [7, 11) is 1.16. The minimum absolute atomic E-state index is 0.0268. The number of hydrogen-bond donors (Lipinski definition) is 1. The largest absolute Gasteiger partial charge is 0.467 e. The van der Waals surface area contributed by atoms with Gasteiger partial charge in [0, 0.05) is 6.42 Å². The van der Waals surface area contributed by atoms with Crippen LogP contribution < -0.4 is 5.32 Å². The van der Waals surface area contributed by atoms with Gasteiger partial charge in [-0.2, -0.15) is 13.2 Å². The van der Waals surface area contributed by atoms with Crippen LogP contribution in [0.5, 0.6) is 0 Å². The quantitative estimate of drug-likeness (QED) is 0.795. The Bertz CT molecular complexity index is 791. The summed E-state index contributed by atoms with van der Waals surface area (Å²) in [6.45, 7) is 0. The number of hydrogen-bond acceptors (Lipinski definition) is 3. The van der Waals surface area contributed by atoms with Crippen molar-refractivity contribution in [1.29, 1.82) is 0 Å². The summed E-state index contributed by atoms with van der Waals surface area (Å²) in [6, 6.07) is 9.55. The number of alkyl halides is 3. The molecule has 0 heterocycles. The fraction of sp³-hybridized carbons (Fsp3) is 0.222. The molecule has 1 N–H and O–H groups in total. The van der Waals surface area contributed by atoms with Gasteiger partial charge in [-0.3, -0.25) is 4.79 Å². The van der Waals surface area contributed by atoms with E-state index in [-0.39, 0.29) is 17.0 Å². The van der Waals surface area contributed by atoms with Gasteiger partial charge in [-0.1, -0.05) is 35.9 Å². The van der Waals surface area contributed by atoms with Gasteiger partial charge in [-0.25, -0.2) is 4.79 Å². The summed E-state index contributed by atoms with van der Waals surface area (Å²) >= 11 is 5.95. The van der Waals surface area contributed by atoms with Crippen LogP contribution >= 0.6 is 11.6 Å². The molecule has 0 aliphatic carbocycles. The monoisotopic (exact) mass is 385 g/mol. The smallest absolute Gasteiger partial charge is 0.416 e. The van der Waals surface area contributed by atoms with Gasteiger partial charge in [0.2, 0.25) is 0 Å². The van der Waals surface area contributed by atoms with Gasteiger partial charge in [0.15, 0.2) is 0 Å². The third kappa shape index (κ3) is 4.98. The first-order valence-electron chi connectivity index (χ1n) is 7.51. The molecule has 2 rings (SSSR count). The lowest BCUT2D eigenvalue weighted by Crippen LogP contribution is -2.43. The molecular formula is C18H15ClF3NO3. The first kappa shape index (κ1) is 19.8. The minimum Gasteiger partial charge on any atom is -0.467 e. The van der Waals surface area contributed by atoms with Crippen molar-refractivity contribution in [2.45, 2.75) is 18.6 Å². The molecule has 2 aromatic rings. The molecule has 1 atom stereocenters. The van der Waals surface area contributed by atoms with Crippen LogP contribution in [-0.4, -0.2) is 25.0 Å². The van der Waals surface area contributed by atoms with Crippen molar-refractivity contribution < 1.29 is 27.5 Å². The van der Waals surface area contributed by atoms with Crippen molar-refractivity contribution in [3.05, 3.63) is 70.2 Å². The summed E-state index contributed by atoms with van der Waals surface area (Å²) in [6.07, 6.45) is -4.47. The third-order valence-electron chi connectivity index (χ3n) is 3.63. The Kier molecular flexibility index (Phi) is 6.26. The van der Waals surface area contributed by atoms with Crippen LogP contribution in [0, 0.1) is 0 Å². The van der Waals surface area contributed by atoms with Crippen LogP contribution in [0.4, 0.5) is 13.2 Å².